The summed E-state index contributed by atoms with van der Waals surface area (Å²) in [5.74, 6) is 1.05. The highest BCUT2D eigenvalue weighted by molar-refractivity contribution is 5.70. The first-order valence-corrected chi connectivity index (χ1v) is 7.77. The van der Waals surface area contributed by atoms with Gasteiger partial charge in [0.25, 0.3) is 0 Å². The molecule has 0 fully saturated rings. The van der Waals surface area contributed by atoms with Gasteiger partial charge in [-0.05, 0) is 66.4 Å². The molecule has 0 radical (unpaired) electrons. The maximum Gasteiger partial charge on any atom is 0.123 e. The van der Waals surface area contributed by atoms with E-state index in [4.69, 9.17) is 4.74 Å². The van der Waals surface area contributed by atoms with E-state index < -0.39 is 0 Å². The normalized spacial score (nSPS) is 16.6. The summed E-state index contributed by atoms with van der Waals surface area (Å²) in [7, 11) is 0. The number of hydrogen-bond donors (Lipinski definition) is 1. The SMILES string of the molecule is CCNCc1ccc(C)c(-c2ccc3c(c2)CC(C)O3)c1. The maximum atomic E-state index is 5.79. The number of benzene rings is 2. The van der Waals surface area contributed by atoms with Crippen LogP contribution >= 0.6 is 0 Å². The first kappa shape index (κ1) is 14.2. The van der Waals surface area contributed by atoms with E-state index in [1.807, 2.05) is 0 Å². The Kier molecular flexibility index (Phi) is 3.98. The topological polar surface area (TPSA) is 21.3 Å². The minimum Gasteiger partial charge on any atom is -0.490 e. The molecule has 2 nitrogen and oxygen atoms in total. The molecule has 1 aliphatic rings. The second-order valence-corrected chi connectivity index (χ2v) is 5.88. The standard InChI is InChI=1S/C19H23NO/c1-4-20-12-15-6-5-13(2)18(10-15)16-7-8-19-17(11-16)9-14(3)21-19/h5-8,10-11,14,20H,4,9,12H2,1-3H3. The molecule has 1 aliphatic heterocycles. The molecule has 110 valence electrons. The van der Waals surface area contributed by atoms with Crippen LogP contribution in [0.1, 0.15) is 30.5 Å². The summed E-state index contributed by atoms with van der Waals surface area (Å²) in [5, 5.41) is 3.39. The summed E-state index contributed by atoms with van der Waals surface area (Å²) in [6, 6.07) is 13.3. The molecule has 1 atom stereocenters. The molecule has 21 heavy (non-hydrogen) atoms. The van der Waals surface area contributed by atoms with Crippen LogP contribution in [0.5, 0.6) is 5.75 Å². The summed E-state index contributed by atoms with van der Waals surface area (Å²) in [6.07, 6.45) is 1.32. The van der Waals surface area contributed by atoms with Gasteiger partial charge in [0.15, 0.2) is 0 Å². The number of nitrogens with one attached hydrogen (secondary N) is 1. The Hall–Kier alpha value is -1.80. The lowest BCUT2D eigenvalue weighted by Crippen LogP contribution is -2.11. The van der Waals surface area contributed by atoms with E-state index in [0.717, 1.165) is 25.3 Å². The molecule has 0 aliphatic carbocycles. The molecule has 2 aromatic rings. The molecule has 1 N–H and O–H groups in total. The van der Waals surface area contributed by atoms with Crippen molar-refractivity contribution in [3.8, 4) is 16.9 Å². The van der Waals surface area contributed by atoms with E-state index in [1.54, 1.807) is 0 Å². The van der Waals surface area contributed by atoms with E-state index in [0.29, 0.717) is 6.10 Å². The Morgan fingerprint density at radius 1 is 1.19 bits per heavy atom. The van der Waals surface area contributed by atoms with Crippen LogP contribution in [0, 0.1) is 6.92 Å². The molecule has 0 saturated carbocycles. The lowest BCUT2D eigenvalue weighted by Gasteiger charge is -2.11. The molecule has 0 aromatic heterocycles. The van der Waals surface area contributed by atoms with Crippen molar-refractivity contribution in [2.45, 2.75) is 39.8 Å². The largest absolute Gasteiger partial charge is 0.490 e. The highest BCUT2D eigenvalue weighted by Gasteiger charge is 2.19. The predicted octanol–water partition coefficient (Wildman–Crippen LogP) is 4.09. The Bertz CT molecular complexity index is 648. The van der Waals surface area contributed by atoms with Crippen molar-refractivity contribution in [2.75, 3.05) is 6.54 Å². The molecule has 1 heterocycles. The Morgan fingerprint density at radius 2 is 2.05 bits per heavy atom. The maximum absolute atomic E-state index is 5.79. The molecular weight excluding hydrogens is 258 g/mol. The van der Waals surface area contributed by atoms with Gasteiger partial charge in [-0.2, -0.15) is 0 Å². The van der Waals surface area contributed by atoms with Crippen LogP contribution in [0.4, 0.5) is 0 Å². The quantitative estimate of drug-likeness (QED) is 0.911. The first-order chi connectivity index (χ1) is 10.2. The number of aryl methyl sites for hydroxylation is 1. The highest BCUT2D eigenvalue weighted by Crippen LogP contribution is 2.34. The summed E-state index contributed by atoms with van der Waals surface area (Å²) in [6.45, 7) is 8.36. The highest BCUT2D eigenvalue weighted by atomic mass is 16.5. The minimum absolute atomic E-state index is 0.302. The molecule has 0 saturated heterocycles. The van der Waals surface area contributed by atoms with Crippen molar-refractivity contribution in [3.05, 3.63) is 53.1 Å². The lowest BCUT2D eigenvalue weighted by atomic mass is 9.96. The van der Waals surface area contributed by atoms with Gasteiger partial charge in [-0.25, -0.2) is 0 Å². The second-order valence-electron chi connectivity index (χ2n) is 5.88. The smallest absolute Gasteiger partial charge is 0.123 e. The third kappa shape index (κ3) is 2.96. The van der Waals surface area contributed by atoms with Crippen LogP contribution in [-0.4, -0.2) is 12.6 Å². The van der Waals surface area contributed by atoms with Gasteiger partial charge >= 0.3 is 0 Å². The van der Waals surface area contributed by atoms with Crippen LogP contribution in [-0.2, 0) is 13.0 Å². The van der Waals surface area contributed by atoms with Gasteiger partial charge in [-0.15, -0.1) is 0 Å². The summed E-state index contributed by atoms with van der Waals surface area (Å²) in [5.41, 5.74) is 6.61. The summed E-state index contributed by atoms with van der Waals surface area (Å²) < 4.78 is 5.79. The van der Waals surface area contributed by atoms with Crippen molar-refractivity contribution in [3.63, 3.8) is 0 Å². The van der Waals surface area contributed by atoms with Crippen molar-refractivity contribution >= 4 is 0 Å². The van der Waals surface area contributed by atoms with Crippen molar-refractivity contribution in [1.29, 1.82) is 0 Å². The summed E-state index contributed by atoms with van der Waals surface area (Å²) in [4.78, 5) is 0. The molecule has 3 rings (SSSR count). The first-order valence-electron chi connectivity index (χ1n) is 7.77. The molecular formula is C19H23NO. The number of rotatable bonds is 4. The number of fused-ring (bicyclic) bond motifs is 1. The van der Waals surface area contributed by atoms with Gasteiger partial charge < -0.3 is 10.1 Å². The Morgan fingerprint density at radius 3 is 2.86 bits per heavy atom. The lowest BCUT2D eigenvalue weighted by molar-refractivity contribution is 0.254. The predicted molar refractivity (Wildman–Crippen MR) is 87.8 cm³/mol. The van der Waals surface area contributed by atoms with Gasteiger partial charge in [0, 0.05) is 13.0 Å². The summed E-state index contributed by atoms with van der Waals surface area (Å²) >= 11 is 0. The van der Waals surface area contributed by atoms with E-state index >= 15 is 0 Å². The third-order valence-corrected chi connectivity index (χ3v) is 4.09. The van der Waals surface area contributed by atoms with E-state index in [1.165, 1.54) is 27.8 Å². The minimum atomic E-state index is 0.302. The monoisotopic (exact) mass is 281 g/mol. The molecule has 2 aromatic carbocycles. The van der Waals surface area contributed by atoms with Crippen molar-refractivity contribution in [2.24, 2.45) is 0 Å². The zero-order valence-electron chi connectivity index (χ0n) is 13.1. The fourth-order valence-electron chi connectivity index (χ4n) is 2.95. The molecule has 0 spiro atoms. The van der Waals surface area contributed by atoms with E-state index in [9.17, 15) is 0 Å². The molecule has 0 amide bonds. The van der Waals surface area contributed by atoms with Gasteiger partial charge in [0.05, 0.1) is 0 Å². The van der Waals surface area contributed by atoms with Gasteiger partial charge in [-0.3, -0.25) is 0 Å². The molecule has 1 unspecified atom stereocenters. The van der Waals surface area contributed by atoms with Crippen LogP contribution in [0.15, 0.2) is 36.4 Å². The van der Waals surface area contributed by atoms with Gasteiger partial charge in [0.1, 0.15) is 11.9 Å². The average Bonchev–Trinajstić information content (AvgIpc) is 2.85. The average molecular weight is 281 g/mol. The fraction of sp³-hybridized carbons (Fsp3) is 0.368. The zero-order chi connectivity index (χ0) is 14.8. The van der Waals surface area contributed by atoms with Crippen LogP contribution in [0.25, 0.3) is 11.1 Å². The fourth-order valence-corrected chi connectivity index (χ4v) is 2.95. The zero-order valence-corrected chi connectivity index (χ0v) is 13.1. The molecule has 0 bridgehead atoms. The second kappa shape index (κ2) is 5.90. The van der Waals surface area contributed by atoms with E-state index in [-0.39, 0.29) is 0 Å². The molecule has 2 heteroatoms. The van der Waals surface area contributed by atoms with Crippen LogP contribution in [0.3, 0.4) is 0 Å². The van der Waals surface area contributed by atoms with Crippen LogP contribution < -0.4 is 10.1 Å². The number of ether oxygens (including phenoxy) is 1. The number of hydrogen-bond acceptors (Lipinski definition) is 2. The Balaban J connectivity index is 1.95. The van der Waals surface area contributed by atoms with E-state index in [2.05, 4.69) is 62.5 Å². The van der Waals surface area contributed by atoms with Gasteiger partial charge in [0.2, 0.25) is 0 Å². The third-order valence-electron chi connectivity index (χ3n) is 4.09. The van der Waals surface area contributed by atoms with Crippen molar-refractivity contribution < 1.29 is 4.74 Å². The van der Waals surface area contributed by atoms with Gasteiger partial charge in [-0.1, -0.05) is 25.1 Å². The van der Waals surface area contributed by atoms with Crippen LogP contribution in [0.2, 0.25) is 0 Å². The van der Waals surface area contributed by atoms with Crippen molar-refractivity contribution in [1.82, 2.24) is 5.32 Å². The Labute approximate surface area is 127 Å².